The highest BCUT2D eigenvalue weighted by atomic mass is 79.9. The van der Waals surface area contributed by atoms with Crippen molar-refractivity contribution in [1.82, 2.24) is 5.16 Å². The number of rotatable bonds is 4. The molecule has 5 rings (SSSR count). The van der Waals surface area contributed by atoms with Gasteiger partial charge in [-0.25, -0.2) is 4.79 Å². The molecule has 0 saturated carbocycles. The van der Waals surface area contributed by atoms with Gasteiger partial charge in [0, 0.05) is 32.8 Å². The minimum absolute atomic E-state index is 0.129. The molecule has 0 atom stereocenters. The van der Waals surface area contributed by atoms with Crippen LogP contribution in [0.2, 0.25) is 5.02 Å². The molecular weight excluding hydrogens is 470 g/mol. The van der Waals surface area contributed by atoms with Crippen molar-refractivity contribution in [1.29, 1.82) is 0 Å². The van der Waals surface area contributed by atoms with Gasteiger partial charge >= 0.3 is 5.97 Å². The Bertz CT molecular complexity index is 1390. The average molecular weight is 483 g/mol. The summed E-state index contributed by atoms with van der Waals surface area (Å²) < 4.78 is 17.4. The number of esters is 1. The van der Waals surface area contributed by atoms with Crippen LogP contribution in [0.15, 0.2) is 80.1 Å². The van der Waals surface area contributed by atoms with E-state index in [-0.39, 0.29) is 5.76 Å². The van der Waals surface area contributed by atoms with Crippen molar-refractivity contribution in [3.8, 4) is 5.75 Å². The third-order valence-electron chi connectivity index (χ3n) is 4.69. The van der Waals surface area contributed by atoms with Crippen molar-refractivity contribution < 1.29 is 18.5 Å². The SMILES string of the molecule is O=C(Oc1ccc2c(Cc3ccc(Cl)cc3)noc2c1)c1cc2cc(Br)ccc2o1. The van der Waals surface area contributed by atoms with E-state index in [1.807, 2.05) is 42.5 Å². The van der Waals surface area contributed by atoms with E-state index in [0.29, 0.717) is 28.4 Å². The van der Waals surface area contributed by atoms with Gasteiger partial charge in [0.2, 0.25) is 5.76 Å². The number of benzene rings is 3. The van der Waals surface area contributed by atoms with E-state index in [0.717, 1.165) is 26.5 Å². The number of carbonyl (C=O) groups is 1. The summed E-state index contributed by atoms with van der Waals surface area (Å²) in [7, 11) is 0. The normalized spacial score (nSPS) is 11.3. The minimum Gasteiger partial charge on any atom is -0.449 e. The van der Waals surface area contributed by atoms with E-state index < -0.39 is 5.97 Å². The Labute approximate surface area is 184 Å². The zero-order valence-electron chi connectivity index (χ0n) is 15.4. The molecule has 0 aliphatic heterocycles. The Morgan fingerprint density at radius 3 is 2.67 bits per heavy atom. The van der Waals surface area contributed by atoms with E-state index in [1.165, 1.54) is 0 Å². The van der Waals surface area contributed by atoms with Crippen molar-refractivity contribution in [2.45, 2.75) is 6.42 Å². The van der Waals surface area contributed by atoms with Crippen LogP contribution in [0.1, 0.15) is 21.8 Å². The summed E-state index contributed by atoms with van der Waals surface area (Å²) >= 11 is 9.34. The lowest BCUT2D eigenvalue weighted by molar-refractivity contribution is 0.0704. The molecule has 0 aliphatic carbocycles. The second kappa shape index (κ2) is 7.63. The summed E-state index contributed by atoms with van der Waals surface area (Å²) in [5.74, 6) is -0.102. The van der Waals surface area contributed by atoms with Crippen LogP contribution in [0, 0.1) is 0 Å². The van der Waals surface area contributed by atoms with Gasteiger partial charge in [0.25, 0.3) is 0 Å². The molecule has 30 heavy (non-hydrogen) atoms. The van der Waals surface area contributed by atoms with Crippen LogP contribution in [0.3, 0.4) is 0 Å². The molecule has 3 aromatic carbocycles. The molecule has 0 unspecified atom stereocenters. The highest BCUT2D eigenvalue weighted by Gasteiger charge is 2.17. The predicted molar refractivity (Wildman–Crippen MR) is 117 cm³/mol. The van der Waals surface area contributed by atoms with Gasteiger partial charge in [0.15, 0.2) is 5.58 Å². The highest BCUT2D eigenvalue weighted by Crippen LogP contribution is 2.28. The van der Waals surface area contributed by atoms with Crippen LogP contribution in [-0.2, 0) is 6.42 Å². The zero-order chi connectivity index (χ0) is 20.7. The van der Waals surface area contributed by atoms with E-state index >= 15 is 0 Å². The van der Waals surface area contributed by atoms with Crippen molar-refractivity contribution in [3.63, 3.8) is 0 Å². The van der Waals surface area contributed by atoms with Crippen LogP contribution in [0.25, 0.3) is 21.9 Å². The summed E-state index contributed by atoms with van der Waals surface area (Å²) in [4.78, 5) is 12.5. The first-order valence-corrected chi connectivity index (χ1v) is 10.3. The van der Waals surface area contributed by atoms with Gasteiger partial charge in [-0.15, -0.1) is 0 Å². The third kappa shape index (κ3) is 3.72. The fourth-order valence-corrected chi connectivity index (χ4v) is 3.73. The molecule has 0 radical (unpaired) electrons. The number of halogens is 2. The van der Waals surface area contributed by atoms with Gasteiger partial charge in [-0.05, 0) is 54.1 Å². The molecule has 0 saturated heterocycles. The number of nitrogens with zero attached hydrogens (tertiary/aromatic N) is 1. The second-order valence-electron chi connectivity index (χ2n) is 6.77. The van der Waals surface area contributed by atoms with Gasteiger partial charge in [-0.3, -0.25) is 0 Å². The molecule has 0 aliphatic rings. The molecule has 0 fully saturated rings. The number of hydrogen-bond donors (Lipinski definition) is 0. The standard InChI is InChI=1S/C23H13BrClNO4/c24-15-3-8-20-14(10-15)11-22(29-20)23(27)28-17-6-7-18-19(26-30-21(18)12-17)9-13-1-4-16(25)5-2-13/h1-8,10-12H,9H2. The Balaban J connectivity index is 1.37. The van der Waals surface area contributed by atoms with E-state index in [4.69, 9.17) is 25.3 Å². The lowest BCUT2D eigenvalue weighted by Crippen LogP contribution is -2.06. The smallest absolute Gasteiger partial charge is 0.379 e. The Kier molecular flexibility index (Phi) is 4.81. The maximum absolute atomic E-state index is 12.5. The summed E-state index contributed by atoms with van der Waals surface area (Å²) in [5.41, 5.74) is 3.02. The lowest BCUT2D eigenvalue weighted by atomic mass is 10.1. The van der Waals surface area contributed by atoms with Crippen molar-refractivity contribution >= 4 is 55.4 Å². The first-order chi connectivity index (χ1) is 14.5. The van der Waals surface area contributed by atoms with Crippen molar-refractivity contribution in [3.05, 3.63) is 93.2 Å². The van der Waals surface area contributed by atoms with Gasteiger partial charge < -0.3 is 13.7 Å². The van der Waals surface area contributed by atoms with Crippen LogP contribution in [0.5, 0.6) is 5.75 Å². The molecule has 2 heterocycles. The Morgan fingerprint density at radius 1 is 1.00 bits per heavy atom. The number of hydrogen-bond acceptors (Lipinski definition) is 5. The molecule has 2 aromatic heterocycles. The molecule has 0 N–H and O–H groups in total. The molecule has 0 amide bonds. The van der Waals surface area contributed by atoms with Gasteiger partial charge in [-0.2, -0.15) is 0 Å². The quantitative estimate of drug-likeness (QED) is 0.208. The fraction of sp³-hybridized carbons (Fsp3) is 0.0435. The Morgan fingerprint density at radius 2 is 1.83 bits per heavy atom. The second-order valence-corrected chi connectivity index (χ2v) is 8.12. The zero-order valence-corrected chi connectivity index (χ0v) is 17.7. The maximum atomic E-state index is 12.5. The van der Waals surface area contributed by atoms with E-state index in [9.17, 15) is 4.79 Å². The number of fused-ring (bicyclic) bond motifs is 2. The molecule has 5 nitrogen and oxygen atoms in total. The highest BCUT2D eigenvalue weighted by molar-refractivity contribution is 9.10. The fourth-order valence-electron chi connectivity index (χ4n) is 3.23. The molecule has 0 spiro atoms. The lowest BCUT2D eigenvalue weighted by Gasteiger charge is -2.02. The summed E-state index contributed by atoms with van der Waals surface area (Å²) in [6.45, 7) is 0. The van der Waals surface area contributed by atoms with Gasteiger partial charge in [0.05, 0.1) is 5.69 Å². The van der Waals surface area contributed by atoms with Crippen LogP contribution in [0.4, 0.5) is 0 Å². The third-order valence-corrected chi connectivity index (χ3v) is 5.44. The van der Waals surface area contributed by atoms with E-state index in [2.05, 4.69) is 21.1 Å². The number of furan rings is 1. The van der Waals surface area contributed by atoms with Gasteiger partial charge in [0.1, 0.15) is 11.3 Å². The molecular formula is C23H13BrClNO4. The van der Waals surface area contributed by atoms with E-state index in [1.54, 1.807) is 24.3 Å². The van der Waals surface area contributed by atoms with Gasteiger partial charge in [-0.1, -0.05) is 44.8 Å². The predicted octanol–water partition coefficient (Wildman–Crippen LogP) is 6.80. The van der Waals surface area contributed by atoms with Crippen molar-refractivity contribution in [2.75, 3.05) is 0 Å². The maximum Gasteiger partial charge on any atom is 0.379 e. The minimum atomic E-state index is -0.581. The first kappa shape index (κ1) is 18.9. The van der Waals surface area contributed by atoms with Crippen molar-refractivity contribution in [2.24, 2.45) is 0 Å². The molecule has 7 heteroatoms. The number of ether oxygens (including phenoxy) is 1. The topological polar surface area (TPSA) is 65.5 Å². The van der Waals surface area contributed by atoms with Crippen LogP contribution < -0.4 is 4.74 Å². The summed E-state index contributed by atoms with van der Waals surface area (Å²) in [5, 5.41) is 6.52. The average Bonchev–Trinajstić information content (AvgIpc) is 3.33. The largest absolute Gasteiger partial charge is 0.449 e. The monoisotopic (exact) mass is 481 g/mol. The first-order valence-electron chi connectivity index (χ1n) is 9.09. The Hall–Kier alpha value is -3.09. The number of aromatic nitrogens is 1. The van der Waals surface area contributed by atoms with Crippen LogP contribution >= 0.6 is 27.5 Å². The molecule has 5 aromatic rings. The molecule has 0 bridgehead atoms. The summed E-state index contributed by atoms with van der Waals surface area (Å²) in [6.07, 6.45) is 0.609. The number of carbonyl (C=O) groups excluding carboxylic acids is 1. The molecule has 148 valence electrons. The van der Waals surface area contributed by atoms with Crippen LogP contribution in [-0.4, -0.2) is 11.1 Å². The summed E-state index contributed by atoms with van der Waals surface area (Å²) in [6, 6.07) is 19.9.